The zero-order chi connectivity index (χ0) is 12.7. The van der Waals surface area contributed by atoms with E-state index >= 15 is 0 Å². The van der Waals surface area contributed by atoms with Gasteiger partial charge in [0, 0.05) is 33.7 Å². The molecule has 0 spiro atoms. The van der Waals surface area contributed by atoms with Crippen molar-refractivity contribution in [3.8, 4) is 0 Å². The first-order valence-electron chi connectivity index (χ1n) is 5.99. The number of nitrogens with one attached hydrogen (secondary N) is 1. The van der Waals surface area contributed by atoms with Crippen LogP contribution >= 0.6 is 24.0 Å². The van der Waals surface area contributed by atoms with Gasteiger partial charge >= 0.3 is 0 Å². The summed E-state index contributed by atoms with van der Waals surface area (Å²) in [6, 6.07) is 0. The molecule has 5 nitrogen and oxygen atoms in total. The predicted molar refractivity (Wildman–Crippen MR) is 85.4 cm³/mol. The Hall–Kier alpha value is -0.790. The molecule has 1 aliphatic heterocycles. The molecule has 1 saturated heterocycles. The standard InChI is InChI=1S/C12H22N4O.HI/c1-4-7-13-12(16-8-5-6-9-16)14-10-11(17)15(2)3;/h4H,1,5-10H2,2-3H3,(H,13,14);1H. The number of halogens is 1. The maximum atomic E-state index is 11.5. The number of guanidine groups is 1. The molecule has 0 aliphatic carbocycles. The summed E-state index contributed by atoms with van der Waals surface area (Å²) in [5.41, 5.74) is 0. The summed E-state index contributed by atoms with van der Waals surface area (Å²) in [5, 5.41) is 3.19. The summed E-state index contributed by atoms with van der Waals surface area (Å²) in [4.78, 5) is 19.6. The van der Waals surface area contributed by atoms with Gasteiger partial charge in [0.2, 0.25) is 5.91 Å². The topological polar surface area (TPSA) is 47.9 Å². The molecule has 0 bridgehead atoms. The van der Waals surface area contributed by atoms with Gasteiger partial charge in [-0.05, 0) is 12.8 Å². The van der Waals surface area contributed by atoms with Crippen LogP contribution in [0.5, 0.6) is 0 Å². The molecule has 104 valence electrons. The number of nitrogens with zero attached hydrogens (tertiary/aromatic N) is 3. The highest BCUT2D eigenvalue weighted by Crippen LogP contribution is 2.07. The zero-order valence-corrected chi connectivity index (χ0v) is 13.5. The number of likely N-dealkylation sites (tertiary alicyclic amines) is 1. The third-order valence-corrected chi connectivity index (χ3v) is 2.67. The summed E-state index contributed by atoms with van der Waals surface area (Å²) in [6.45, 7) is 6.57. The van der Waals surface area contributed by atoms with Crippen LogP contribution in [0, 0.1) is 0 Å². The molecule has 1 aliphatic rings. The molecule has 0 aromatic carbocycles. The van der Waals surface area contributed by atoms with Crippen LogP contribution in [-0.2, 0) is 4.79 Å². The Labute approximate surface area is 126 Å². The molecule has 18 heavy (non-hydrogen) atoms. The zero-order valence-electron chi connectivity index (χ0n) is 11.2. The molecular weight excluding hydrogens is 343 g/mol. The second-order valence-electron chi connectivity index (χ2n) is 4.29. The maximum Gasteiger partial charge on any atom is 0.243 e. The van der Waals surface area contributed by atoms with Crippen LogP contribution in [0.3, 0.4) is 0 Å². The lowest BCUT2D eigenvalue weighted by Gasteiger charge is -2.21. The lowest BCUT2D eigenvalue weighted by Crippen LogP contribution is -2.40. The molecular formula is C12H23IN4O. The lowest BCUT2D eigenvalue weighted by atomic mass is 10.4. The molecule has 0 aromatic rings. The number of amides is 1. The van der Waals surface area contributed by atoms with Crippen molar-refractivity contribution in [3.05, 3.63) is 12.7 Å². The van der Waals surface area contributed by atoms with E-state index in [1.54, 1.807) is 25.1 Å². The van der Waals surface area contributed by atoms with E-state index in [0.29, 0.717) is 6.54 Å². The van der Waals surface area contributed by atoms with Crippen LogP contribution in [0.25, 0.3) is 0 Å². The molecule has 1 rings (SSSR count). The Morgan fingerprint density at radius 1 is 1.44 bits per heavy atom. The predicted octanol–water partition coefficient (Wildman–Crippen LogP) is 0.920. The number of aliphatic imine (C=N–C) groups is 1. The molecule has 1 amide bonds. The second kappa shape index (κ2) is 9.18. The largest absolute Gasteiger partial charge is 0.353 e. The third kappa shape index (κ3) is 5.70. The number of likely N-dealkylation sites (N-methyl/N-ethyl adjacent to an activating group) is 1. The average molecular weight is 366 g/mol. The Kier molecular flexibility index (Phi) is 8.78. The van der Waals surface area contributed by atoms with Crippen LogP contribution in [0.1, 0.15) is 12.8 Å². The third-order valence-electron chi connectivity index (χ3n) is 2.67. The minimum absolute atomic E-state index is 0. The van der Waals surface area contributed by atoms with Crippen molar-refractivity contribution < 1.29 is 4.79 Å². The summed E-state index contributed by atoms with van der Waals surface area (Å²) < 4.78 is 0. The quantitative estimate of drug-likeness (QED) is 0.349. The van der Waals surface area contributed by atoms with Gasteiger partial charge < -0.3 is 15.1 Å². The van der Waals surface area contributed by atoms with Gasteiger partial charge in [-0.1, -0.05) is 6.08 Å². The van der Waals surface area contributed by atoms with Crippen molar-refractivity contribution in [1.29, 1.82) is 0 Å². The summed E-state index contributed by atoms with van der Waals surface area (Å²) >= 11 is 0. The molecule has 0 atom stereocenters. The van der Waals surface area contributed by atoms with E-state index in [1.165, 1.54) is 12.8 Å². The summed E-state index contributed by atoms with van der Waals surface area (Å²) in [5.74, 6) is 0.833. The fourth-order valence-electron chi connectivity index (χ4n) is 1.64. The fraction of sp³-hybridized carbons (Fsp3) is 0.667. The van der Waals surface area contributed by atoms with Crippen LogP contribution in [0.15, 0.2) is 17.6 Å². The minimum atomic E-state index is 0. The van der Waals surface area contributed by atoms with Crippen molar-refractivity contribution in [2.75, 3.05) is 40.3 Å². The van der Waals surface area contributed by atoms with E-state index < -0.39 is 0 Å². The van der Waals surface area contributed by atoms with Gasteiger partial charge in [0.25, 0.3) is 0 Å². The van der Waals surface area contributed by atoms with Gasteiger partial charge in [0.15, 0.2) is 5.96 Å². The van der Waals surface area contributed by atoms with Crippen molar-refractivity contribution in [3.63, 3.8) is 0 Å². The lowest BCUT2D eigenvalue weighted by molar-refractivity contribution is -0.127. The van der Waals surface area contributed by atoms with E-state index in [2.05, 4.69) is 21.8 Å². The Bertz CT molecular complexity index is 298. The van der Waals surface area contributed by atoms with E-state index in [1.807, 2.05) is 0 Å². The van der Waals surface area contributed by atoms with Crippen molar-refractivity contribution in [1.82, 2.24) is 15.1 Å². The van der Waals surface area contributed by atoms with Gasteiger partial charge in [-0.2, -0.15) is 0 Å². The number of hydrogen-bond acceptors (Lipinski definition) is 2. The SMILES string of the molecule is C=CCNC(=NCC(=O)N(C)C)N1CCCC1.I. The second-order valence-corrected chi connectivity index (χ2v) is 4.29. The van der Waals surface area contributed by atoms with E-state index in [4.69, 9.17) is 0 Å². The summed E-state index contributed by atoms with van der Waals surface area (Å²) in [7, 11) is 3.48. The highest BCUT2D eigenvalue weighted by atomic mass is 127. The normalized spacial score (nSPS) is 15.0. The molecule has 1 N–H and O–H groups in total. The average Bonchev–Trinajstić information content (AvgIpc) is 2.82. The van der Waals surface area contributed by atoms with Crippen LogP contribution in [0.4, 0.5) is 0 Å². The highest BCUT2D eigenvalue weighted by Gasteiger charge is 2.16. The Balaban J connectivity index is 0.00000289. The number of carbonyl (C=O) groups excluding carboxylic acids is 1. The van der Waals surface area contributed by atoms with Crippen LogP contribution < -0.4 is 5.32 Å². The number of rotatable bonds is 4. The van der Waals surface area contributed by atoms with E-state index in [-0.39, 0.29) is 36.4 Å². The molecule has 0 saturated carbocycles. The van der Waals surface area contributed by atoms with E-state index in [9.17, 15) is 4.79 Å². The van der Waals surface area contributed by atoms with Crippen LogP contribution in [0.2, 0.25) is 0 Å². The van der Waals surface area contributed by atoms with Crippen molar-refractivity contribution in [2.45, 2.75) is 12.8 Å². The molecule has 0 aromatic heterocycles. The van der Waals surface area contributed by atoms with Gasteiger partial charge in [-0.15, -0.1) is 30.6 Å². The highest BCUT2D eigenvalue weighted by molar-refractivity contribution is 14.0. The van der Waals surface area contributed by atoms with Gasteiger partial charge in [-0.25, -0.2) is 4.99 Å². The molecule has 1 fully saturated rings. The minimum Gasteiger partial charge on any atom is -0.353 e. The van der Waals surface area contributed by atoms with Crippen LogP contribution in [-0.4, -0.2) is 61.9 Å². The number of carbonyl (C=O) groups is 1. The van der Waals surface area contributed by atoms with Gasteiger partial charge in [0.05, 0.1) is 0 Å². The Morgan fingerprint density at radius 3 is 2.56 bits per heavy atom. The van der Waals surface area contributed by atoms with Gasteiger partial charge in [0.1, 0.15) is 6.54 Å². The monoisotopic (exact) mass is 366 g/mol. The first-order valence-corrected chi connectivity index (χ1v) is 5.99. The summed E-state index contributed by atoms with van der Waals surface area (Å²) in [6.07, 6.45) is 4.17. The fourth-order valence-corrected chi connectivity index (χ4v) is 1.64. The maximum absolute atomic E-state index is 11.5. The Morgan fingerprint density at radius 2 is 2.06 bits per heavy atom. The van der Waals surface area contributed by atoms with E-state index in [0.717, 1.165) is 19.0 Å². The number of hydrogen-bond donors (Lipinski definition) is 1. The first-order chi connectivity index (χ1) is 8.15. The molecule has 1 heterocycles. The first kappa shape index (κ1) is 17.2. The molecule has 0 unspecified atom stereocenters. The smallest absolute Gasteiger partial charge is 0.243 e. The van der Waals surface area contributed by atoms with Gasteiger partial charge in [-0.3, -0.25) is 4.79 Å². The van der Waals surface area contributed by atoms with Crippen molar-refractivity contribution in [2.24, 2.45) is 4.99 Å². The molecule has 0 radical (unpaired) electrons. The van der Waals surface area contributed by atoms with Crippen molar-refractivity contribution >= 4 is 35.8 Å². The molecule has 6 heteroatoms.